The van der Waals surface area contributed by atoms with Crippen LogP contribution < -0.4 is 0 Å². The van der Waals surface area contributed by atoms with Gasteiger partial charge in [-0.1, -0.05) is 37.3 Å². The van der Waals surface area contributed by atoms with Crippen LogP contribution in [0.2, 0.25) is 0 Å². The van der Waals surface area contributed by atoms with E-state index in [4.69, 9.17) is 0 Å². The molecular formula is C14H18O. The normalized spacial score (nSPS) is 30.3. The summed E-state index contributed by atoms with van der Waals surface area (Å²) in [6, 6.07) is 10.6. The lowest BCUT2D eigenvalue weighted by atomic mass is 9.84. The van der Waals surface area contributed by atoms with Crippen LogP contribution in [0.25, 0.3) is 0 Å². The van der Waals surface area contributed by atoms with Gasteiger partial charge in [0.25, 0.3) is 0 Å². The molecule has 0 aromatic heterocycles. The summed E-state index contributed by atoms with van der Waals surface area (Å²) in [5.74, 6) is 1.86. The first-order valence-electron chi connectivity index (χ1n) is 5.81. The van der Waals surface area contributed by atoms with Crippen molar-refractivity contribution >= 4 is 6.29 Å². The molecule has 0 heterocycles. The fraction of sp³-hybridized carbons (Fsp3) is 0.500. The van der Waals surface area contributed by atoms with Crippen LogP contribution in [0.1, 0.15) is 37.7 Å². The Morgan fingerprint density at radius 2 is 2.00 bits per heavy atom. The van der Waals surface area contributed by atoms with Gasteiger partial charge in [0.2, 0.25) is 0 Å². The zero-order valence-electron chi connectivity index (χ0n) is 9.23. The summed E-state index contributed by atoms with van der Waals surface area (Å²) in [5, 5.41) is 0. The Labute approximate surface area is 91.5 Å². The molecule has 1 saturated carbocycles. The van der Waals surface area contributed by atoms with Gasteiger partial charge in [-0.05, 0) is 36.2 Å². The highest BCUT2D eigenvalue weighted by atomic mass is 16.1. The van der Waals surface area contributed by atoms with E-state index in [1.807, 2.05) is 0 Å². The second kappa shape index (κ2) is 4.61. The topological polar surface area (TPSA) is 17.1 Å². The fourth-order valence-corrected chi connectivity index (χ4v) is 2.89. The van der Waals surface area contributed by atoms with Crippen molar-refractivity contribution in [2.24, 2.45) is 11.8 Å². The molecule has 0 N–H and O–H groups in total. The molecule has 3 atom stereocenters. The van der Waals surface area contributed by atoms with Crippen molar-refractivity contribution < 1.29 is 4.79 Å². The number of hydrogen-bond acceptors (Lipinski definition) is 1. The van der Waals surface area contributed by atoms with Crippen LogP contribution in [0.15, 0.2) is 30.3 Å². The Bertz CT molecular complexity index is 317. The van der Waals surface area contributed by atoms with Crippen LogP contribution in [0, 0.1) is 11.8 Å². The smallest absolute Gasteiger partial charge is 0.120 e. The second-order valence-electron chi connectivity index (χ2n) is 4.64. The molecule has 1 aliphatic carbocycles. The largest absolute Gasteiger partial charge is 0.303 e. The third-order valence-corrected chi connectivity index (χ3v) is 3.78. The fourth-order valence-electron chi connectivity index (χ4n) is 2.89. The van der Waals surface area contributed by atoms with E-state index in [0.717, 1.165) is 12.7 Å². The number of hydrogen-bond donors (Lipinski definition) is 0. The molecule has 80 valence electrons. The second-order valence-corrected chi connectivity index (χ2v) is 4.64. The maximum atomic E-state index is 10.7. The molecular weight excluding hydrogens is 184 g/mol. The molecule has 0 unspecified atom stereocenters. The minimum Gasteiger partial charge on any atom is -0.303 e. The van der Waals surface area contributed by atoms with E-state index in [1.54, 1.807) is 0 Å². The molecule has 1 nitrogen and oxygen atoms in total. The minimum atomic E-state index is 0.560. The van der Waals surface area contributed by atoms with Crippen molar-refractivity contribution in [2.75, 3.05) is 0 Å². The lowest BCUT2D eigenvalue weighted by Crippen LogP contribution is -2.12. The molecule has 0 radical (unpaired) electrons. The number of carbonyl (C=O) groups is 1. The molecule has 1 aromatic rings. The minimum absolute atomic E-state index is 0.560. The summed E-state index contributed by atoms with van der Waals surface area (Å²) >= 11 is 0. The van der Waals surface area contributed by atoms with Gasteiger partial charge in [0.1, 0.15) is 6.29 Å². The number of carbonyl (C=O) groups excluding carboxylic acids is 1. The molecule has 0 bridgehead atoms. The lowest BCUT2D eigenvalue weighted by molar-refractivity contribution is -0.108. The van der Waals surface area contributed by atoms with E-state index in [1.165, 1.54) is 18.4 Å². The quantitative estimate of drug-likeness (QED) is 0.686. The Kier molecular flexibility index (Phi) is 3.20. The molecule has 1 heteroatoms. The van der Waals surface area contributed by atoms with E-state index >= 15 is 0 Å². The van der Waals surface area contributed by atoms with Gasteiger partial charge < -0.3 is 4.79 Å². The molecule has 1 aromatic carbocycles. The van der Waals surface area contributed by atoms with Crippen molar-refractivity contribution in [2.45, 2.75) is 32.1 Å². The van der Waals surface area contributed by atoms with Gasteiger partial charge in [0, 0.05) is 6.42 Å². The van der Waals surface area contributed by atoms with Gasteiger partial charge in [-0.3, -0.25) is 0 Å². The first-order chi connectivity index (χ1) is 7.33. The third-order valence-electron chi connectivity index (χ3n) is 3.78. The van der Waals surface area contributed by atoms with E-state index < -0.39 is 0 Å². The van der Waals surface area contributed by atoms with Crippen LogP contribution in [-0.4, -0.2) is 6.29 Å². The van der Waals surface area contributed by atoms with Crippen LogP contribution >= 0.6 is 0 Å². The van der Waals surface area contributed by atoms with Crippen molar-refractivity contribution in [3.8, 4) is 0 Å². The summed E-state index contributed by atoms with van der Waals surface area (Å²) < 4.78 is 0. The Balaban J connectivity index is 2.18. The molecule has 15 heavy (non-hydrogen) atoms. The van der Waals surface area contributed by atoms with E-state index in [2.05, 4.69) is 37.3 Å². The SMILES string of the molecule is C[C@H]1CC[C@H](c2ccccc2)[C@H]1CC=O. The Morgan fingerprint density at radius 1 is 1.27 bits per heavy atom. The Morgan fingerprint density at radius 3 is 2.67 bits per heavy atom. The standard InChI is InChI=1S/C14H18O/c1-11-7-8-14(13(11)9-10-15)12-5-3-2-4-6-12/h2-6,10-11,13-14H,7-9H2,1H3/t11-,13-,14+/m0/s1. The summed E-state index contributed by atoms with van der Waals surface area (Å²) in [4.78, 5) is 10.7. The first-order valence-corrected chi connectivity index (χ1v) is 5.81. The zero-order chi connectivity index (χ0) is 10.7. The van der Waals surface area contributed by atoms with Gasteiger partial charge >= 0.3 is 0 Å². The molecule has 0 spiro atoms. The average molecular weight is 202 g/mol. The van der Waals surface area contributed by atoms with Crippen molar-refractivity contribution in [1.29, 1.82) is 0 Å². The number of rotatable bonds is 3. The molecule has 1 aliphatic rings. The summed E-state index contributed by atoms with van der Waals surface area (Å²) in [6.45, 7) is 2.27. The molecule has 2 rings (SSSR count). The summed E-state index contributed by atoms with van der Waals surface area (Å²) in [7, 11) is 0. The third kappa shape index (κ3) is 2.11. The van der Waals surface area contributed by atoms with Gasteiger partial charge in [-0.15, -0.1) is 0 Å². The monoisotopic (exact) mass is 202 g/mol. The van der Waals surface area contributed by atoms with Crippen LogP contribution in [-0.2, 0) is 4.79 Å². The van der Waals surface area contributed by atoms with E-state index in [9.17, 15) is 4.79 Å². The van der Waals surface area contributed by atoms with Gasteiger partial charge in [0.15, 0.2) is 0 Å². The molecule has 0 amide bonds. The maximum Gasteiger partial charge on any atom is 0.120 e. The molecule has 0 aliphatic heterocycles. The van der Waals surface area contributed by atoms with E-state index in [-0.39, 0.29) is 0 Å². The predicted octanol–water partition coefficient (Wildman–Crippen LogP) is 3.41. The predicted molar refractivity (Wildman–Crippen MR) is 61.8 cm³/mol. The highest BCUT2D eigenvalue weighted by Gasteiger charge is 2.33. The molecule has 1 fully saturated rings. The number of aldehydes is 1. The van der Waals surface area contributed by atoms with Crippen LogP contribution in [0.3, 0.4) is 0 Å². The van der Waals surface area contributed by atoms with Gasteiger partial charge in [-0.25, -0.2) is 0 Å². The first kappa shape index (κ1) is 10.4. The zero-order valence-corrected chi connectivity index (χ0v) is 9.23. The van der Waals surface area contributed by atoms with Crippen molar-refractivity contribution in [1.82, 2.24) is 0 Å². The number of benzene rings is 1. The van der Waals surface area contributed by atoms with Crippen molar-refractivity contribution in [3.05, 3.63) is 35.9 Å². The van der Waals surface area contributed by atoms with Gasteiger partial charge in [0.05, 0.1) is 0 Å². The van der Waals surface area contributed by atoms with E-state index in [0.29, 0.717) is 17.8 Å². The average Bonchev–Trinajstić information content (AvgIpc) is 2.63. The Hall–Kier alpha value is -1.11. The van der Waals surface area contributed by atoms with Crippen molar-refractivity contribution in [3.63, 3.8) is 0 Å². The van der Waals surface area contributed by atoms with Gasteiger partial charge in [-0.2, -0.15) is 0 Å². The highest BCUT2D eigenvalue weighted by Crippen LogP contribution is 2.44. The molecule has 0 saturated heterocycles. The summed E-state index contributed by atoms with van der Waals surface area (Å²) in [5.41, 5.74) is 1.41. The maximum absolute atomic E-state index is 10.7. The summed E-state index contributed by atoms with van der Waals surface area (Å²) in [6.07, 6.45) is 4.31. The highest BCUT2D eigenvalue weighted by molar-refractivity contribution is 5.50. The van der Waals surface area contributed by atoms with Crippen LogP contribution in [0.4, 0.5) is 0 Å². The lowest BCUT2D eigenvalue weighted by Gasteiger charge is -2.20. The van der Waals surface area contributed by atoms with Crippen LogP contribution in [0.5, 0.6) is 0 Å².